The molecule has 218 valence electrons. The van der Waals surface area contributed by atoms with Crippen LogP contribution in [0.15, 0.2) is 146 Å². The van der Waals surface area contributed by atoms with E-state index in [1.165, 1.54) is 22.3 Å². The Morgan fingerprint density at radius 2 is 0.976 bits per heavy atom. The molecule has 0 fully saturated rings. The minimum Gasteiger partial charge on any atom is -1.00 e. The summed E-state index contributed by atoms with van der Waals surface area (Å²) in [5.41, 5.74) is 5.19. The normalized spacial score (nSPS) is 12.1. The summed E-state index contributed by atoms with van der Waals surface area (Å²) in [7, 11) is 0. The molecule has 0 bridgehead atoms. The molecule has 6 rings (SSSR count). The zero-order valence-corrected chi connectivity index (χ0v) is 25.8. The van der Waals surface area contributed by atoms with E-state index in [1.807, 2.05) is 55.7 Å². The van der Waals surface area contributed by atoms with Crippen molar-refractivity contribution >= 4 is 11.6 Å². The Kier molecular flexibility index (Phi) is 13.7. The third-order valence-electron chi connectivity index (χ3n) is 6.94. The summed E-state index contributed by atoms with van der Waals surface area (Å²) < 4.78 is 2.13. The first kappa shape index (κ1) is 32.5. The zero-order chi connectivity index (χ0) is 28.7. The number of aryl methyl sites for hydroxylation is 1. The first-order chi connectivity index (χ1) is 20.1. The Balaban J connectivity index is 0.000000189. The van der Waals surface area contributed by atoms with Crippen LogP contribution in [0.2, 0.25) is 0 Å². The van der Waals surface area contributed by atoms with E-state index >= 15 is 0 Å². The first-order valence-corrected chi connectivity index (χ1v) is 14.5. The monoisotopic (exact) mass is 597 g/mol. The van der Waals surface area contributed by atoms with E-state index in [0.717, 1.165) is 25.5 Å². The highest BCUT2D eigenvalue weighted by Crippen LogP contribution is 2.20. The summed E-state index contributed by atoms with van der Waals surface area (Å²) in [6.45, 7) is 7.11. The van der Waals surface area contributed by atoms with Crippen LogP contribution >= 0.6 is 11.6 Å². The fraction of sp³-hybridized carbons (Fsp3) is 0.194. The molecule has 6 heteroatoms. The molecular formula is C36H39Cl2N4-. The van der Waals surface area contributed by atoms with Gasteiger partial charge in [0.2, 0.25) is 0 Å². The molecule has 0 N–H and O–H groups in total. The fourth-order valence-electron chi connectivity index (χ4n) is 4.49. The molecule has 0 aliphatic carbocycles. The molecule has 1 aliphatic heterocycles. The fourth-order valence-corrected chi connectivity index (χ4v) is 4.67. The van der Waals surface area contributed by atoms with Crippen LogP contribution < -0.4 is 12.4 Å². The summed E-state index contributed by atoms with van der Waals surface area (Å²) in [4.78, 5) is 8.92. The van der Waals surface area contributed by atoms with Gasteiger partial charge in [0.25, 0.3) is 0 Å². The minimum absolute atomic E-state index is 0. The van der Waals surface area contributed by atoms with E-state index in [0.29, 0.717) is 12.0 Å². The number of imidazole rings is 1. The third-order valence-corrected chi connectivity index (χ3v) is 7.25. The molecule has 0 spiro atoms. The molecule has 4 aromatic carbocycles. The molecule has 0 atom stereocenters. The van der Waals surface area contributed by atoms with Crippen LogP contribution in [0, 0.1) is 6.92 Å². The summed E-state index contributed by atoms with van der Waals surface area (Å²) in [5, 5.41) is 0. The second kappa shape index (κ2) is 17.7. The van der Waals surface area contributed by atoms with Crippen molar-refractivity contribution in [3.8, 4) is 0 Å². The average Bonchev–Trinajstić information content (AvgIpc) is 3.59. The molecule has 0 saturated carbocycles. The topological polar surface area (TPSA) is 24.3 Å². The van der Waals surface area contributed by atoms with Gasteiger partial charge >= 0.3 is 0 Å². The molecule has 0 unspecified atom stereocenters. The predicted molar refractivity (Wildman–Crippen MR) is 171 cm³/mol. The Bertz CT molecular complexity index is 1370. The van der Waals surface area contributed by atoms with Gasteiger partial charge in [-0.05, 0) is 36.1 Å². The van der Waals surface area contributed by atoms with Gasteiger partial charge in [0.1, 0.15) is 5.82 Å². The van der Waals surface area contributed by atoms with Crippen molar-refractivity contribution in [3.05, 3.63) is 174 Å². The van der Waals surface area contributed by atoms with Gasteiger partial charge < -0.3 is 26.8 Å². The van der Waals surface area contributed by atoms with Crippen molar-refractivity contribution in [2.45, 2.75) is 45.5 Å². The van der Waals surface area contributed by atoms with E-state index in [4.69, 9.17) is 11.6 Å². The zero-order valence-electron chi connectivity index (χ0n) is 24.3. The number of aromatic nitrogens is 2. The number of benzene rings is 4. The van der Waals surface area contributed by atoms with Gasteiger partial charge in [0.05, 0.1) is 6.17 Å². The summed E-state index contributed by atoms with van der Waals surface area (Å²) in [6, 6.07) is 41.6. The lowest BCUT2D eigenvalue weighted by Crippen LogP contribution is -3.00. The van der Waals surface area contributed by atoms with Crippen molar-refractivity contribution in [3.63, 3.8) is 0 Å². The highest BCUT2D eigenvalue weighted by Gasteiger charge is 2.21. The number of hydrogen-bond acceptors (Lipinski definition) is 3. The lowest BCUT2D eigenvalue weighted by atomic mass is 10.2. The Morgan fingerprint density at radius 1 is 0.595 bits per heavy atom. The summed E-state index contributed by atoms with van der Waals surface area (Å²) >= 11 is 5.53. The number of hydrogen-bond donors (Lipinski definition) is 0. The largest absolute Gasteiger partial charge is 1.00 e. The second-order valence-electron chi connectivity index (χ2n) is 9.95. The molecule has 4 nitrogen and oxygen atoms in total. The number of rotatable bonds is 7. The first-order valence-electron chi connectivity index (χ1n) is 14.0. The highest BCUT2D eigenvalue weighted by atomic mass is 35.5. The van der Waals surface area contributed by atoms with Crippen LogP contribution in [0.1, 0.15) is 35.0 Å². The lowest BCUT2D eigenvalue weighted by Gasteiger charge is -2.30. The van der Waals surface area contributed by atoms with Gasteiger partial charge in [-0.3, -0.25) is 0 Å². The Labute approximate surface area is 262 Å². The summed E-state index contributed by atoms with van der Waals surface area (Å²) in [5.74, 6) is 1.67. The van der Waals surface area contributed by atoms with Crippen molar-refractivity contribution in [1.82, 2.24) is 19.4 Å². The van der Waals surface area contributed by atoms with Gasteiger partial charge in [-0.1, -0.05) is 121 Å². The maximum absolute atomic E-state index is 5.53. The molecule has 1 aromatic heterocycles. The van der Waals surface area contributed by atoms with E-state index in [1.54, 1.807) is 0 Å². The van der Waals surface area contributed by atoms with E-state index in [-0.39, 0.29) is 12.4 Å². The molecule has 0 amide bonds. The summed E-state index contributed by atoms with van der Waals surface area (Å²) in [6.07, 6.45) is 8.62. The third kappa shape index (κ3) is 10.4. The molecule has 5 aromatic rings. The molecular weight excluding hydrogens is 559 g/mol. The number of nitrogens with zero attached hydrogens (tertiary/aromatic N) is 4. The second-order valence-corrected chi connectivity index (χ2v) is 10.2. The predicted octanol–water partition coefficient (Wildman–Crippen LogP) is 5.49. The molecule has 2 heterocycles. The highest BCUT2D eigenvalue weighted by molar-refractivity contribution is 6.17. The van der Waals surface area contributed by atoms with E-state index < -0.39 is 0 Å². The molecule has 0 radical (unpaired) electrons. The van der Waals surface area contributed by atoms with Crippen LogP contribution in [-0.2, 0) is 25.5 Å². The number of alkyl halides is 1. The molecule has 0 saturated heterocycles. The van der Waals surface area contributed by atoms with E-state index in [2.05, 4.69) is 124 Å². The SMILES string of the molecule is CC1N(Cc2ccccc2)C=CN1Cc1ccccc1.Cc1nccn1Cc1ccccc1.ClCc1ccccc1.[Cl-]. The van der Waals surface area contributed by atoms with Crippen LogP contribution in [-0.4, -0.2) is 25.5 Å². The Hall–Kier alpha value is -3.99. The quantitative estimate of drug-likeness (QED) is 0.232. The Morgan fingerprint density at radius 3 is 1.31 bits per heavy atom. The van der Waals surface area contributed by atoms with Gasteiger partial charge in [-0.15, -0.1) is 11.6 Å². The van der Waals surface area contributed by atoms with Crippen molar-refractivity contribution in [1.29, 1.82) is 0 Å². The molecule has 1 aliphatic rings. The van der Waals surface area contributed by atoms with Crippen LogP contribution in [0.3, 0.4) is 0 Å². The minimum atomic E-state index is 0. The van der Waals surface area contributed by atoms with Crippen LogP contribution in [0.4, 0.5) is 0 Å². The van der Waals surface area contributed by atoms with Gasteiger partial charge in [0, 0.05) is 50.3 Å². The average molecular weight is 599 g/mol. The standard InChI is InChI=1S/C18H20N2.C11H12N2.C7H7Cl.ClH/c1-16-19(14-17-8-4-2-5-9-17)12-13-20(16)15-18-10-6-3-7-11-18;1-10-12-7-8-13(10)9-11-5-3-2-4-6-11;8-6-7-4-2-1-3-5-7;/h2-13,16H,14-15H2,1H3;2-8H,9H2,1H3;1-5H,6H2;1H/p-1. The van der Waals surface area contributed by atoms with Crippen LogP contribution in [0.25, 0.3) is 0 Å². The van der Waals surface area contributed by atoms with Crippen molar-refractivity contribution < 1.29 is 12.4 Å². The van der Waals surface area contributed by atoms with Crippen molar-refractivity contribution in [2.24, 2.45) is 0 Å². The maximum atomic E-state index is 5.53. The smallest absolute Gasteiger partial charge is 0.105 e. The van der Waals surface area contributed by atoms with Crippen LogP contribution in [0.5, 0.6) is 0 Å². The number of halogens is 2. The van der Waals surface area contributed by atoms with Crippen molar-refractivity contribution in [2.75, 3.05) is 0 Å². The molecule has 42 heavy (non-hydrogen) atoms. The lowest BCUT2D eigenvalue weighted by molar-refractivity contribution is -0.00000848. The van der Waals surface area contributed by atoms with Gasteiger partial charge in [0.15, 0.2) is 0 Å². The maximum Gasteiger partial charge on any atom is 0.105 e. The van der Waals surface area contributed by atoms with Gasteiger partial charge in [-0.25, -0.2) is 4.98 Å². The van der Waals surface area contributed by atoms with E-state index in [9.17, 15) is 0 Å². The van der Waals surface area contributed by atoms with Gasteiger partial charge in [-0.2, -0.15) is 0 Å².